The molecule has 0 aliphatic rings. The zero-order valence-corrected chi connectivity index (χ0v) is 11.4. The van der Waals surface area contributed by atoms with E-state index in [1.807, 2.05) is 13.0 Å². The number of benzene rings is 1. The molecule has 1 nitrogen and oxygen atoms in total. The van der Waals surface area contributed by atoms with E-state index in [1.165, 1.54) is 35.6 Å². The summed E-state index contributed by atoms with van der Waals surface area (Å²) in [6, 6.07) is 8.26. The number of allylic oxidation sites excluding steroid dienone is 1. The predicted octanol–water partition coefficient (Wildman–Crippen LogP) is 4.97. The van der Waals surface area contributed by atoms with Gasteiger partial charge in [0.05, 0.1) is 10.4 Å². The van der Waals surface area contributed by atoms with E-state index in [-0.39, 0.29) is 5.78 Å². The molecule has 0 saturated carbocycles. The Bertz CT molecular complexity index is 636. The third-order valence-electron chi connectivity index (χ3n) is 2.65. The first-order chi connectivity index (χ1) is 9.36. The van der Waals surface area contributed by atoms with Gasteiger partial charge in [-0.05, 0) is 42.8 Å². The summed E-state index contributed by atoms with van der Waals surface area (Å²) < 4.78 is 37.2. The molecule has 1 heterocycles. The van der Waals surface area contributed by atoms with Crippen LogP contribution in [-0.4, -0.2) is 5.78 Å². The fraction of sp³-hybridized carbons (Fsp3) is 0.133. The summed E-state index contributed by atoms with van der Waals surface area (Å²) in [6.07, 6.45) is -1.46. The number of hydrogen-bond acceptors (Lipinski definition) is 2. The fourth-order valence-corrected chi connectivity index (χ4v) is 2.39. The highest BCUT2D eigenvalue weighted by atomic mass is 32.1. The Kier molecular flexibility index (Phi) is 4.09. The number of alkyl halides is 3. The van der Waals surface area contributed by atoms with Crippen LogP contribution in [0.2, 0.25) is 0 Å². The van der Waals surface area contributed by atoms with Gasteiger partial charge in [-0.1, -0.05) is 18.2 Å². The largest absolute Gasteiger partial charge is 0.416 e. The van der Waals surface area contributed by atoms with Gasteiger partial charge in [0.25, 0.3) is 0 Å². The Morgan fingerprint density at radius 3 is 2.25 bits per heavy atom. The fourth-order valence-electron chi connectivity index (χ4n) is 1.60. The Hall–Kier alpha value is -1.88. The highest BCUT2D eigenvalue weighted by Gasteiger charge is 2.29. The van der Waals surface area contributed by atoms with Crippen molar-refractivity contribution in [2.45, 2.75) is 13.1 Å². The molecule has 0 N–H and O–H groups in total. The summed E-state index contributed by atoms with van der Waals surface area (Å²) in [4.78, 5) is 13.5. The normalized spacial score (nSPS) is 12.0. The van der Waals surface area contributed by atoms with Crippen molar-refractivity contribution in [1.82, 2.24) is 0 Å². The van der Waals surface area contributed by atoms with Crippen molar-refractivity contribution in [1.29, 1.82) is 0 Å². The second-order valence-electron chi connectivity index (χ2n) is 4.23. The monoisotopic (exact) mass is 296 g/mol. The van der Waals surface area contributed by atoms with E-state index in [4.69, 9.17) is 0 Å². The van der Waals surface area contributed by atoms with E-state index in [0.717, 1.165) is 17.0 Å². The third kappa shape index (κ3) is 3.57. The molecule has 104 valence electrons. The van der Waals surface area contributed by atoms with Crippen molar-refractivity contribution in [3.05, 3.63) is 63.4 Å². The second-order valence-corrected chi connectivity index (χ2v) is 5.52. The molecule has 0 fully saturated rings. The van der Waals surface area contributed by atoms with Gasteiger partial charge in [0, 0.05) is 4.88 Å². The molecule has 5 heteroatoms. The number of carbonyl (C=O) groups excluding carboxylic acids is 1. The minimum absolute atomic E-state index is 0.150. The van der Waals surface area contributed by atoms with Crippen LogP contribution in [-0.2, 0) is 6.18 Å². The van der Waals surface area contributed by atoms with E-state index in [9.17, 15) is 18.0 Å². The Morgan fingerprint density at radius 1 is 1.10 bits per heavy atom. The minimum Gasteiger partial charge on any atom is -0.288 e. The smallest absolute Gasteiger partial charge is 0.288 e. The molecule has 0 aliphatic heterocycles. The molecule has 0 saturated heterocycles. The van der Waals surface area contributed by atoms with Crippen LogP contribution < -0.4 is 0 Å². The van der Waals surface area contributed by atoms with Crippen molar-refractivity contribution < 1.29 is 18.0 Å². The summed E-state index contributed by atoms with van der Waals surface area (Å²) in [6.45, 7) is 1.90. The van der Waals surface area contributed by atoms with Crippen LogP contribution in [0.3, 0.4) is 0 Å². The maximum Gasteiger partial charge on any atom is 0.416 e. The van der Waals surface area contributed by atoms with Crippen LogP contribution in [0, 0.1) is 6.92 Å². The van der Waals surface area contributed by atoms with E-state index in [0.29, 0.717) is 10.4 Å². The van der Waals surface area contributed by atoms with Crippen molar-refractivity contribution in [2.75, 3.05) is 0 Å². The summed E-state index contributed by atoms with van der Waals surface area (Å²) >= 11 is 1.39. The minimum atomic E-state index is -4.34. The van der Waals surface area contributed by atoms with Gasteiger partial charge >= 0.3 is 6.18 Å². The molecule has 0 unspecified atom stereocenters. The van der Waals surface area contributed by atoms with Crippen molar-refractivity contribution >= 4 is 23.2 Å². The molecular formula is C15H11F3OS. The molecule has 0 aliphatic carbocycles. The molecule has 1 aromatic carbocycles. The zero-order valence-electron chi connectivity index (χ0n) is 10.6. The number of hydrogen-bond donors (Lipinski definition) is 0. The SMILES string of the molecule is Cc1ccc(C(=O)/C=C/c2ccc(C(F)(F)F)cc2)s1. The lowest BCUT2D eigenvalue weighted by molar-refractivity contribution is -0.137. The van der Waals surface area contributed by atoms with Gasteiger partial charge in [-0.3, -0.25) is 4.79 Å². The molecule has 1 aromatic heterocycles. The summed E-state index contributed by atoms with van der Waals surface area (Å²) in [7, 11) is 0. The van der Waals surface area contributed by atoms with Gasteiger partial charge in [0.1, 0.15) is 0 Å². The van der Waals surface area contributed by atoms with Crippen molar-refractivity contribution in [3.8, 4) is 0 Å². The van der Waals surface area contributed by atoms with Crippen LogP contribution in [0.4, 0.5) is 13.2 Å². The van der Waals surface area contributed by atoms with Gasteiger partial charge in [0.2, 0.25) is 0 Å². The number of halogens is 3. The second kappa shape index (κ2) is 5.63. The van der Waals surface area contributed by atoms with E-state index < -0.39 is 11.7 Å². The molecule has 0 amide bonds. The highest BCUT2D eigenvalue weighted by Crippen LogP contribution is 2.29. The molecule has 2 aromatic rings. The first kappa shape index (κ1) is 14.5. The zero-order chi connectivity index (χ0) is 14.8. The van der Waals surface area contributed by atoms with Crippen molar-refractivity contribution in [2.24, 2.45) is 0 Å². The average Bonchev–Trinajstić information content (AvgIpc) is 2.82. The molecule has 0 spiro atoms. The van der Waals surface area contributed by atoms with Gasteiger partial charge in [-0.15, -0.1) is 11.3 Å². The molecular weight excluding hydrogens is 285 g/mol. The molecule has 20 heavy (non-hydrogen) atoms. The lowest BCUT2D eigenvalue weighted by Crippen LogP contribution is -2.03. The molecule has 0 radical (unpaired) electrons. The standard InChI is InChI=1S/C15H11F3OS/c1-10-2-9-14(20-10)13(19)8-5-11-3-6-12(7-4-11)15(16,17)18/h2-9H,1H3/b8-5+. The van der Waals surface area contributed by atoms with Gasteiger partial charge in [-0.25, -0.2) is 0 Å². The molecule has 0 bridgehead atoms. The number of thiophene rings is 1. The van der Waals surface area contributed by atoms with E-state index >= 15 is 0 Å². The maximum atomic E-state index is 12.4. The Morgan fingerprint density at radius 2 is 1.75 bits per heavy atom. The average molecular weight is 296 g/mol. The summed E-state index contributed by atoms with van der Waals surface area (Å²) in [5.41, 5.74) is -0.144. The Balaban J connectivity index is 2.10. The van der Waals surface area contributed by atoms with Crippen LogP contribution in [0.1, 0.15) is 25.7 Å². The van der Waals surface area contributed by atoms with Crippen molar-refractivity contribution in [3.63, 3.8) is 0 Å². The van der Waals surface area contributed by atoms with Crippen LogP contribution in [0.5, 0.6) is 0 Å². The maximum absolute atomic E-state index is 12.4. The van der Waals surface area contributed by atoms with Gasteiger partial charge < -0.3 is 0 Å². The van der Waals surface area contributed by atoms with Gasteiger partial charge in [0.15, 0.2) is 5.78 Å². The van der Waals surface area contributed by atoms with E-state index in [1.54, 1.807) is 6.07 Å². The van der Waals surface area contributed by atoms with Crippen LogP contribution in [0.25, 0.3) is 6.08 Å². The highest BCUT2D eigenvalue weighted by molar-refractivity contribution is 7.14. The number of rotatable bonds is 3. The topological polar surface area (TPSA) is 17.1 Å². The lowest BCUT2D eigenvalue weighted by Gasteiger charge is -2.05. The number of aryl methyl sites for hydroxylation is 1. The third-order valence-corrected chi connectivity index (χ3v) is 3.66. The van der Waals surface area contributed by atoms with Gasteiger partial charge in [-0.2, -0.15) is 13.2 Å². The predicted molar refractivity (Wildman–Crippen MR) is 73.9 cm³/mol. The quantitative estimate of drug-likeness (QED) is 0.577. The Labute approximate surface area is 118 Å². The summed E-state index contributed by atoms with van der Waals surface area (Å²) in [5, 5.41) is 0. The molecule has 0 atom stereocenters. The van der Waals surface area contributed by atoms with Crippen LogP contribution in [0.15, 0.2) is 42.5 Å². The number of ketones is 1. The summed E-state index contributed by atoms with van der Waals surface area (Å²) in [5.74, 6) is -0.150. The number of carbonyl (C=O) groups is 1. The first-order valence-corrected chi connectivity index (χ1v) is 6.64. The molecule has 2 rings (SSSR count). The van der Waals surface area contributed by atoms with E-state index in [2.05, 4.69) is 0 Å². The lowest BCUT2D eigenvalue weighted by atomic mass is 10.1. The first-order valence-electron chi connectivity index (χ1n) is 5.82. The van der Waals surface area contributed by atoms with Crippen LogP contribution >= 0.6 is 11.3 Å².